The summed E-state index contributed by atoms with van der Waals surface area (Å²) in [6, 6.07) is 30.1. The molecule has 8 nitrogen and oxygen atoms in total. The zero-order valence-electron chi connectivity index (χ0n) is 21.4. The lowest BCUT2D eigenvalue weighted by Crippen LogP contribution is -2.32. The summed E-state index contributed by atoms with van der Waals surface area (Å²) in [4.78, 5) is 39.9. The number of benzene rings is 4. The van der Waals surface area contributed by atoms with E-state index in [-0.39, 0.29) is 22.3 Å². The Kier molecular flexibility index (Phi) is 7.80. The van der Waals surface area contributed by atoms with E-state index in [2.05, 4.69) is 10.6 Å². The Balaban J connectivity index is 1.25. The van der Waals surface area contributed by atoms with Gasteiger partial charge in [-0.15, -0.1) is 0 Å². The number of methoxy groups -OCH3 is 1. The molecule has 0 spiro atoms. The molecule has 1 heterocycles. The Morgan fingerprint density at radius 1 is 0.825 bits per heavy atom. The fraction of sp³-hybridized carbons (Fsp3) is 0.0645. The highest BCUT2D eigenvalue weighted by atomic mass is 35.5. The smallest absolute Gasteiger partial charge is 0.283 e. The molecule has 3 amide bonds. The van der Waals surface area contributed by atoms with Gasteiger partial charge < -0.3 is 20.1 Å². The van der Waals surface area contributed by atoms with Gasteiger partial charge in [-0.25, -0.2) is 4.90 Å². The molecule has 0 atom stereocenters. The molecule has 4 aromatic carbocycles. The van der Waals surface area contributed by atoms with Crippen molar-refractivity contribution >= 4 is 46.4 Å². The highest BCUT2D eigenvalue weighted by Crippen LogP contribution is 2.35. The summed E-state index contributed by atoms with van der Waals surface area (Å²) in [7, 11) is 1.45. The van der Waals surface area contributed by atoms with Crippen molar-refractivity contribution in [1.29, 1.82) is 0 Å². The summed E-state index contributed by atoms with van der Waals surface area (Å²) < 4.78 is 11.1. The van der Waals surface area contributed by atoms with Crippen LogP contribution in [-0.2, 0) is 16.2 Å². The third-order valence-corrected chi connectivity index (χ3v) is 6.46. The van der Waals surface area contributed by atoms with Crippen molar-refractivity contribution < 1.29 is 23.9 Å². The van der Waals surface area contributed by atoms with Crippen LogP contribution in [0.2, 0.25) is 0 Å². The number of imide groups is 1. The van der Waals surface area contributed by atoms with E-state index in [0.717, 1.165) is 10.5 Å². The van der Waals surface area contributed by atoms with Crippen LogP contribution in [-0.4, -0.2) is 24.8 Å². The quantitative estimate of drug-likeness (QED) is 0.248. The molecule has 200 valence electrons. The van der Waals surface area contributed by atoms with Crippen LogP contribution in [0.5, 0.6) is 11.5 Å². The highest BCUT2D eigenvalue weighted by Gasteiger charge is 2.40. The first-order valence-electron chi connectivity index (χ1n) is 12.3. The summed E-state index contributed by atoms with van der Waals surface area (Å²) >= 11 is 6.27. The van der Waals surface area contributed by atoms with Crippen LogP contribution < -0.4 is 25.0 Å². The molecular weight excluding hydrogens is 530 g/mol. The molecular formula is C31H24ClN3O5. The number of nitrogens with zero attached hydrogens (tertiary/aromatic N) is 1. The minimum atomic E-state index is -0.677. The van der Waals surface area contributed by atoms with Crippen LogP contribution in [0.1, 0.15) is 15.9 Å². The van der Waals surface area contributed by atoms with Gasteiger partial charge in [0.15, 0.2) is 0 Å². The van der Waals surface area contributed by atoms with Gasteiger partial charge >= 0.3 is 0 Å². The summed E-state index contributed by atoms with van der Waals surface area (Å²) in [6.07, 6.45) is 0. The maximum absolute atomic E-state index is 13.2. The summed E-state index contributed by atoms with van der Waals surface area (Å²) in [5.41, 5.74) is 2.57. The van der Waals surface area contributed by atoms with Gasteiger partial charge in [0.1, 0.15) is 28.8 Å². The van der Waals surface area contributed by atoms with Crippen molar-refractivity contribution in [3.05, 3.63) is 125 Å². The minimum Gasteiger partial charge on any atom is -0.495 e. The van der Waals surface area contributed by atoms with Crippen LogP contribution in [0, 0.1) is 0 Å². The molecule has 1 aliphatic rings. The number of ether oxygens (including phenoxy) is 2. The molecule has 0 aliphatic carbocycles. The maximum atomic E-state index is 13.2. The van der Waals surface area contributed by atoms with Crippen molar-refractivity contribution in [2.75, 3.05) is 22.6 Å². The third-order valence-electron chi connectivity index (χ3n) is 6.11. The molecule has 0 bridgehead atoms. The predicted molar refractivity (Wildman–Crippen MR) is 154 cm³/mol. The van der Waals surface area contributed by atoms with E-state index >= 15 is 0 Å². The lowest BCUT2D eigenvalue weighted by molar-refractivity contribution is -0.120. The molecule has 1 aliphatic heterocycles. The van der Waals surface area contributed by atoms with Gasteiger partial charge in [0, 0.05) is 16.9 Å². The first kappa shape index (κ1) is 26.5. The summed E-state index contributed by atoms with van der Waals surface area (Å²) in [5.74, 6) is -0.639. The van der Waals surface area contributed by atoms with Gasteiger partial charge in [0.2, 0.25) is 0 Å². The molecule has 2 N–H and O–H groups in total. The molecule has 0 saturated heterocycles. The van der Waals surface area contributed by atoms with Crippen LogP contribution in [0.15, 0.2) is 114 Å². The lowest BCUT2D eigenvalue weighted by Gasteiger charge is -2.18. The number of anilines is 3. The van der Waals surface area contributed by atoms with Crippen molar-refractivity contribution in [1.82, 2.24) is 0 Å². The fourth-order valence-electron chi connectivity index (χ4n) is 4.11. The Morgan fingerprint density at radius 3 is 2.30 bits per heavy atom. The Labute approximate surface area is 235 Å². The van der Waals surface area contributed by atoms with Crippen molar-refractivity contribution in [3.63, 3.8) is 0 Å². The standard InChI is InChI=1S/C31H24ClN3O5/c1-39-26-13-6-5-12-25(26)35-30(37)27(32)28(31(35)38)33-23-11-7-10-21(18-23)29(36)34-22-14-16-24(17-15-22)40-19-20-8-3-2-4-9-20/h2-18,33H,19H2,1H3,(H,34,36). The van der Waals surface area contributed by atoms with Crippen LogP contribution in [0.4, 0.5) is 17.1 Å². The molecule has 5 rings (SSSR count). The van der Waals surface area contributed by atoms with E-state index in [1.54, 1.807) is 72.8 Å². The fourth-order valence-corrected chi connectivity index (χ4v) is 4.32. The SMILES string of the molecule is COc1ccccc1N1C(=O)C(Cl)=C(Nc2cccc(C(=O)Nc3ccc(OCc4ccccc4)cc3)c2)C1=O. The van der Waals surface area contributed by atoms with E-state index in [4.69, 9.17) is 21.1 Å². The lowest BCUT2D eigenvalue weighted by atomic mass is 10.1. The van der Waals surface area contributed by atoms with Crippen molar-refractivity contribution in [2.45, 2.75) is 6.61 Å². The number of hydrogen-bond donors (Lipinski definition) is 2. The van der Waals surface area contributed by atoms with E-state index in [0.29, 0.717) is 35.0 Å². The monoisotopic (exact) mass is 553 g/mol. The van der Waals surface area contributed by atoms with Gasteiger partial charge in [0.05, 0.1) is 12.8 Å². The van der Waals surface area contributed by atoms with Crippen molar-refractivity contribution in [3.8, 4) is 11.5 Å². The number of rotatable bonds is 9. The number of carbonyl (C=O) groups is 3. The van der Waals surface area contributed by atoms with Gasteiger partial charge in [0.25, 0.3) is 17.7 Å². The average Bonchev–Trinajstić information content (AvgIpc) is 3.20. The van der Waals surface area contributed by atoms with E-state index in [1.165, 1.54) is 7.11 Å². The molecule has 0 fully saturated rings. The number of hydrogen-bond acceptors (Lipinski definition) is 6. The molecule has 4 aromatic rings. The van der Waals surface area contributed by atoms with Crippen LogP contribution in [0.25, 0.3) is 0 Å². The topological polar surface area (TPSA) is 97.0 Å². The first-order chi connectivity index (χ1) is 19.4. The minimum absolute atomic E-state index is 0.0961. The Bertz CT molecular complexity index is 1600. The van der Waals surface area contributed by atoms with Crippen LogP contribution in [0.3, 0.4) is 0 Å². The van der Waals surface area contributed by atoms with Crippen LogP contribution >= 0.6 is 11.6 Å². The number of para-hydroxylation sites is 2. The molecule has 40 heavy (non-hydrogen) atoms. The second kappa shape index (κ2) is 11.8. The van der Waals surface area contributed by atoms with Gasteiger partial charge in [-0.2, -0.15) is 0 Å². The highest BCUT2D eigenvalue weighted by molar-refractivity contribution is 6.53. The van der Waals surface area contributed by atoms with E-state index < -0.39 is 11.8 Å². The third kappa shape index (κ3) is 5.67. The second-order valence-electron chi connectivity index (χ2n) is 8.77. The molecule has 0 saturated carbocycles. The molecule has 9 heteroatoms. The normalized spacial score (nSPS) is 12.9. The molecule has 0 radical (unpaired) electrons. The zero-order valence-corrected chi connectivity index (χ0v) is 22.1. The van der Waals surface area contributed by atoms with Crippen molar-refractivity contribution in [2.24, 2.45) is 0 Å². The molecule has 0 aromatic heterocycles. The van der Waals surface area contributed by atoms with Gasteiger partial charge in [-0.3, -0.25) is 14.4 Å². The largest absolute Gasteiger partial charge is 0.495 e. The van der Waals surface area contributed by atoms with E-state index in [1.807, 2.05) is 30.3 Å². The zero-order chi connectivity index (χ0) is 28.1. The second-order valence-corrected chi connectivity index (χ2v) is 9.14. The first-order valence-corrected chi connectivity index (χ1v) is 12.7. The maximum Gasteiger partial charge on any atom is 0.283 e. The number of halogens is 1. The van der Waals surface area contributed by atoms with E-state index in [9.17, 15) is 14.4 Å². The van der Waals surface area contributed by atoms with Gasteiger partial charge in [-0.1, -0.05) is 60.1 Å². The van der Waals surface area contributed by atoms with Gasteiger partial charge in [-0.05, 0) is 60.2 Å². The summed E-state index contributed by atoms with van der Waals surface area (Å²) in [5, 5.41) is 5.48. The average molecular weight is 554 g/mol. The Hall–Kier alpha value is -5.08. The number of carbonyl (C=O) groups excluding carboxylic acids is 3. The Morgan fingerprint density at radius 2 is 1.55 bits per heavy atom. The number of amides is 3. The molecule has 0 unspecified atom stereocenters. The number of nitrogens with one attached hydrogen (secondary N) is 2. The predicted octanol–water partition coefficient (Wildman–Crippen LogP) is 5.96. The summed E-state index contributed by atoms with van der Waals surface area (Å²) in [6.45, 7) is 0.442.